The van der Waals surface area contributed by atoms with E-state index in [1.54, 1.807) is 0 Å². The Balaban J connectivity index is 2.15. The molecule has 1 aromatic rings. The number of aryl methyl sites for hydroxylation is 1. The molecule has 19 heavy (non-hydrogen) atoms. The second-order valence-corrected chi connectivity index (χ2v) is 5.77. The summed E-state index contributed by atoms with van der Waals surface area (Å²) < 4.78 is 0. The lowest BCUT2D eigenvalue weighted by Gasteiger charge is -2.36. The highest BCUT2D eigenvalue weighted by molar-refractivity contribution is 5.74. The van der Waals surface area contributed by atoms with Gasteiger partial charge < -0.3 is 10.0 Å². The molecule has 0 spiro atoms. The van der Waals surface area contributed by atoms with E-state index >= 15 is 0 Å². The van der Waals surface area contributed by atoms with Crippen LogP contribution >= 0.6 is 0 Å². The fourth-order valence-electron chi connectivity index (χ4n) is 2.87. The van der Waals surface area contributed by atoms with Gasteiger partial charge in [-0.1, -0.05) is 24.6 Å². The standard InChI is InChI=1S/C16H23NO2/c1-12-3-7-14(8-4-12)17(11-16(18)19)15-9-5-13(2)6-10-15/h3-4,7-8,13,15H,5-6,9-11H2,1-2H3,(H,18,19). The predicted molar refractivity (Wildman–Crippen MR) is 77.6 cm³/mol. The van der Waals surface area contributed by atoms with Crippen molar-refractivity contribution in [3.8, 4) is 0 Å². The zero-order valence-corrected chi connectivity index (χ0v) is 11.8. The molecular weight excluding hydrogens is 238 g/mol. The lowest BCUT2D eigenvalue weighted by Crippen LogP contribution is -2.41. The quantitative estimate of drug-likeness (QED) is 0.902. The van der Waals surface area contributed by atoms with E-state index in [1.807, 2.05) is 19.1 Å². The minimum Gasteiger partial charge on any atom is -0.480 e. The SMILES string of the molecule is Cc1ccc(N(CC(=O)O)C2CCC(C)CC2)cc1. The molecule has 0 aromatic heterocycles. The number of carboxylic acids is 1. The Morgan fingerprint density at radius 2 is 1.79 bits per heavy atom. The van der Waals surface area contributed by atoms with Gasteiger partial charge in [-0.15, -0.1) is 0 Å². The van der Waals surface area contributed by atoms with Crippen molar-refractivity contribution in [2.45, 2.75) is 45.6 Å². The predicted octanol–water partition coefficient (Wildman–Crippen LogP) is 3.46. The molecule has 1 fully saturated rings. The van der Waals surface area contributed by atoms with Gasteiger partial charge in [0.25, 0.3) is 0 Å². The van der Waals surface area contributed by atoms with Crippen molar-refractivity contribution in [2.75, 3.05) is 11.4 Å². The summed E-state index contributed by atoms with van der Waals surface area (Å²) in [6.07, 6.45) is 4.60. The number of hydrogen-bond acceptors (Lipinski definition) is 2. The average molecular weight is 261 g/mol. The van der Waals surface area contributed by atoms with Crippen molar-refractivity contribution < 1.29 is 9.90 Å². The molecule has 2 rings (SSSR count). The van der Waals surface area contributed by atoms with E-state index in [9.17, 15) is 4.79 Å². The fraction of sp³-hybridized carbons (Fsp3) is 0.562. The molecule has 1 aliphatic carbocycles. The van der Waals surface area contributed by atoms with Crippen molar-refractivity contribution >= 4 is 11.7 Å². The highest BCUT2D eigenvalue weighted by Crippen LogP contribution is 2.30. The van der Waals surface area contributed by atoms with E-state index in [0.717, 1.165) is 24.4 Å². The van der Waals surface area contributed by atoms with Crippen molar-refractivity contribution in [3.05, 3.63) is 29.8 Å². The molecule has 1 aliphatic rings. The summed E-state index contributed by atoms with van der Waals surface area (Å²) in [6, 6.07) is 8.55. The van der Waals surface area contributed by atoms with Crippen LogP contribution < -0.4 is 4.90 Å². The third kappa shape index (κ3) is 3.72. The van der Waals surface area contributed by atoms with Crippen molar-refractivity contribution in [1.82, 2.24) is 0 Å². The number of benzene rings is 1. The summed E-state index contributed by atoms with van der Waals surface area (Å²) in [5, 5.41) is 9.14. The summed E-state index contributed by atoms with van der Waals surface area (Å²) in [7, 11) is 0. The maximum absolute atomic E-state index is 11.1. The largest absolute Gasteiger partial charge is 0.480 e. The van der Waals surface area contributed by atoms with Crippen molar-refractivity contribution in [1.29, 1.82) is 0 Å². The van der Waals surface area contributed by atoms with Crippen LogP contribution in [0.3, 0.4) is 0 Å². The van der Waals surface area contributed by atoms with E-state index in [0.29, 0.717) is 6.04 Å². The Kier molecular flexibility index (Phi) is 4.46. The number of carboxylic acid groups (broad SMARTS) is 1. The summed E-state index contributed by atoms with van der Waals surface area (Å²) in [4.78, 5) is 13.2. The zero-order chi connectivity index (χ0) is 13.8. The molecule has 1 saturated carbocycles. The van der Waals surface area contributed by atoms with E-state index in [1.165, 1.54) is 18.4 Å². The Morgan fingerprint density at radius 1 is 1.21 bits per heavy atom. The second kappa shape index (κ2) is 6.09. The highest BCUT2D eigenvalue weighted by Gasteiger charge is 2.25. The molecule has 1 aromatic carbocycles. The average Bonchev–Trinajstić information content (AvgIpc) is 2.38. The first-order valence-electron chi connectivity index (χ1n) is 7.11. The lowest BCUT2D eigenvalue weighted by molar-refractivity contribution is -0.135. The van der Waals surface area contributed by atoms with Crippen molar-refractivity contribution in [3.63, 3.8) is 0 Å². The molecule has 0 atom stereocenters. The molecule has 104 valence electrons. The summed E-state index contributed by atoms with van der Waals surface area (Å²) in [5.41, 5.74) is 2.24. The Morgan fingerprint density at radius 3 is 2.32 bits per heavy atom. The van der Waals surface area contributed by atoms with Crippen LogP contribution in [0, 0.1) is 12.8 Å². The molecule has 0 bridgehead atoms. The Bertz CT molecular complexity index is 419. The fourth-order valence-corrected chi connectivity index (χ4v) is 2.87. The number of aliphatic carboxylic acids is 1. The van der Waals surface area contributed by atoms with Crippen LogP contribution in [0.15, 0.2) is 24.3 Å². The molecule has 0 saturated heterocycles. The minimum atomic E-state index is -0.751. The number of anilines is 1. The van der Waals surface area contributed by atoms with E-state index < -0.39 is 5.97 Å². The van der Waals surface area contributed by atoms with Gasteiger partial charge in [-0.3, -0.25) is 4.79 Å². The number of nitrogens with zero attached hydrogens (tertiary/aromatic N) is 1. The van der Waals surface area contributed by atoms with Crippen LogP contribution in [0.5, 0.6) is 0 Å². The second-order valence-electron chi connectivity index (χ2n) is 5.77. The van der Waals surface area contributed by atoms with Gasteiger partial charge in [0.05, 0.1) is 0 Å². The first kappa shape index (κ1) is 13.9. The van der Waals surface area contributed by atoms with Gasteiger partial charge in [-0.25, -0.2) is 0 Å². The summed E-state index contributed by atoms with van der Waals surface area (Å²) in [5.74, 6) is 0.0279. The van der Waals surface area contributed by atoms with Crippen LogP contribution in [-0.4, -0.2) is 23.7 Å². The monoisotopic (exact) mass is 261 g/mol. The molecule has 0 unspecified atom stereocenters. The van der Waals surface area contributed by atoms with Gasteiger partial charge in [0.15, 0.2) is 0 Å². The maximum atomic E-state index is 11.1. The number of hydrogen-bond donors (Lipinski definition) is 1. The zero-order valence-electron chi connectivity index (χ0n) is 11.8. The van der Waals surface area contributed by atoms with Gasteiger partial charge in [0.1, 0.15) is 6.54 Å². The van der Waals surface area contributed by atoms with Crippen LogP contribution in [0.4, 0.5) is 5.69 Å². The smallest absolute Gasteiger partial charge is 0.323 e. The Hall–Kier alpha value is -1.51. The number of rotatable bonds is 4. The molecule has 0 heterocycles. The molecule has 3 nitrogen and oxygen atoms in total. The first-order chi connectivity index (χ1) is 9.06. The van der Waals surface area contributed by atoms with Gasteiger partial charge >= 0.3 is 5.97 Å². The normalized spacial score (nSPS) is 23.1. The summed E-state index contributed by atoms with van der Waals surface area (Å²) >= 11 is 0. The Labute approximate surface area is 115 Å². The molecule has 3 heteroatoms. The van der Waals surface area contributed by atoms with E-state index in [2.05, 4.69) is 24.0 Å². The third-order valence-corrected chi connectivity index (χ3v) is 4.10. The third-order valence-electron chi connectivity index (χ3n) is 4.10. The molecule has 0 aliphatic heterocycles. The molecule has 1 N–H and O–H groups in total. The topological polar surface area (TPSA) is 40.5 Å². The van der Waals surface area contributed by atoms with Gasteiger partial charge in [0, 0.05) is 11.7 Å². The van der Waals surface area contributed by atoms with Gasteiger partial charge in [0.2, 0.25) is 0 Å². The highest BCUT2D eigenvalue weighted by atomic mass is 16.4. The molecule has 0 radical (unpaired) electrons. The number of carbonyl (C=O) groups is 1. The van der Waals surface area contributed by atoms with Crippen LogP contribution in [-0.2, 0) is 4.79 Å². The lowest BCUT2D eigenvalue weighted by atomic mass is 9.86. The minimum absolute atomic E-state index is 0.0993. The van der Waals surface area contributed by atoms with E-state index in [4.69, 9.17) is 5.11 Å². The van der Waals surface area contributed by atoms with Crippen LogP contribution in [0.1, 0.15) is 38.2 Å². The van der Waals surface area contributed by atoms with Crippen LogP contribution in [0.25, 0.3) is 0 Å². The molecule has 0 amide bonds. The van der Waals surface area contributed by atoms with Gasteiger partial charge in [-0.2, -0.15) is 0 Å². The molecular formula is C16H23NO2. The van der Waals surface area contributed by atoms with Gasteiger partial charge in [-0.05, 0) is 50.7 Å². The van der Waals surface area contributed by atoms with Crippen LogP contribution in [0.2, 0.25) is 0 Å². The van der Waals surface area contributed by atoms with Crippen molar-refractivity contribution in [2.24, 2.45) is 5.92 Å². The maximum Gasteiger partial charge on any atom is 0.323 e. The van der Waals surface area contributed by atoms with E-state index in [-0.39, 0.29) is 6.54 Å². The first-order valence-corrected chi connectivity index (χ1v) is 7.11. The summed E-state index contributed by atoms with van der Waals surface area (Å²) in [6.45, 7) is 4.43.